The Morgan fingerprint density at radius 3 is 2.31 bits per heavy atom. The molecule has 1 aromatic heterocycles. The third-order valence-electron chi connectivity index (χ3n) is 6.81. The summed E-state index contributed by atoms with van der Waals surface area (Å²) in [6.45, 7) is 2.23. The van der Waals surface area contributed by atoms with E-state index in [1.165, 1.54) is 28.7 Å². The number of amides is 3. The van der Waals surface area contributed by atoms with Crippen molar-refractivity contribution in [3.05, 3.63) is 68.7 Å². The lowest BCUT2D eigenvalue weighted by molar-refractivity contribution is -0.146. The maximum Gasteiger partial charge on any atom is 0.260 e. The first kappa shape index (κ1) is 27.8. The van der Waals surface area contributed by atoms with E-state index in [9.17, 15) is 22.8 Å². The number of hydrogen-bond donors (Lipinski definition) is 0. The van der Waals surface area contributed by atoms with Gasteiger partial charge in [0.1, 0.15) is 5.54 Å². The molecule has 2 aliphatic heterocycles. The molecule has 1 fully saturated rings. The summed E-state index contributed by atoms with van der Waals surface area (Å²) in [6.07, 6.45) is 1.32. The zero-order valence-electron chi connectivity index (χ0n) is 20.8. The predicted molar refractivity (Wildman–Crippen MR) is 148 cm³/mol. The molecule has 1 unspecified atom stereocenters. The van der Waals surface area contributed by atoms with Crippen molar-refractivity contribution in [2.75, 3.05) is 24.5 Å². The molecule has 2 aromatic carbocycles. The van der Waals surface area contributed by atoms with Crippen molar-refractivity contribution in [3.8, 4) is 0 Å². The highest BCUT2D eigenvalue weighted by Gasteiger charge is 2.52. The minimum atomic E-state index is -4.30. The summed E-state index contributed by atoms with van der Waals surface area (Å²) in [5, 5.41) is 0.337. The molecule has 3 aromatic rings. The van der Waals surface area contributed by atoms with Crippen LogP contribution in [0.1, 0.15) is 19.4 Å². The summed E-state index contributed by atoms with van der Waals surface area (Å²) in [6, 6.07) is 12.0. The summed E-state index contributed by atoms with van der Waals surface area (Å²) in [5.74, 6) is -1.43. The molecular formula is C25H22BrCl2N5O5S. The number of benzene rings is 2. The fraction of sp³-hybridized carbons (Fsp3) is 0.280. The van der Waals surface area contributed by atoms with Gasteiger partial charge in [-0.25, -0.2) is 18.3 Å². The second-order valence-electron chi connectivity index (χ2n) is 9.48. The highest BCUT2D eigenvalue weighted by Crippen LogP contribution is 2.45. The third kappa shape index (κ3) is 4.78. The van der Waals surface area contributed by atoms with Crippen molar-refractivity contribution in [2.45, 2.75) is 30.8 Å². The van der Waals surface area contributed by atoms with E-state index in [0.29, 0.717) is 15.7 Å². The smallest absolute Gasteiger partial charge is 0.260 e. The quantitative estimate of drug-likeness (QED) is 0.412. The minimum absolute atomic E-state index is 0.0728. The monoisotopic (exact) mass is 653 g/mol. The number of rotatable bonds is 5. The van der Waals surface area contributed by atoms with Crippen LogP contribution < -0.4 is 4.90 Å². The van der Waals surface area contributed by atoms with Gasteiger partial charge >= 0.3 is 0 Å². The van der Waals surface area contributed by atoms with Crippen LogP contribution in [0.2, 0.25) is 10.0 Å². The van der Waals surface area contributed by atoms with Gasteiger partial charge in [-0.1, -0.05) is 51.3 Å². The van der Waals surface area contributed by atoms with Crippen LogP contribution in [0.5, 0.6) is 0 Å². The molecule has 3 amide bonds. The van der Waals surface area contributed by atoms with Crippen LogP contribution >= 0.6 is 39.1 Å². The Morgan fingerprint density at radius 2 is 1.72 bits per heavy atom. The predicted octanol–water partition coefficient (Wildman–Crippen LogP) is 3.97. The van der Waals surface area contributed by atoms with E-state index in [1.54, 1.807) is 19.1 Å². The van der Waals surface area contributed by atoms with Crippen LogP contribution in [0, 0.1) is 0 Å². The Morgan fingerprint density at radius 1 is 1.08 bits per heavy atom. The third-order valence-corrected chi connectivity index (χ3v) is 9.58. The van der Waals surface area contributed by atoms with E-state index in [2.05, 4.69) is 20.9 Å². The number of aromatic nitrogens is 2. The number of anilines is 2. The number of halogens is 3. The fourth-order valence-corrected chi connectivity index (χ4v) is 7.28. The highest BCUT2D eigenvalue weighted by atomic mass is 79.9. The van der Waals surface area contributed by atoms with Crippen molar-refractivity contribution >= 4 is 78.5 Å². The summed E-state index contributed by atoms with van der Waals surface area (Å²) < 4.78 is 31.1. The number of piperazine rings is 1. The summed E-state index contributed by atoms with van der Waals surface area (Å²) in [5.41, 5.74) is -0.298. The van der Waals surface area contributed by atoms with E-state index < -0.39 is 39.8 Å². The summed E-state index contributed by atoms with van der Waals surface area (Å²) in [4.78, 5) is 45.1. The van der Waals surface area contributed by atoms with E-state index in [-0.39, 0.29) is 30.5 Å². The Labute approximate surface area is 243 Å². The molecule has 1 atom stereocenters. The fourth-order valence-electron chi connectivity index (χ4n) is 4.94. The lowest BCUT2D eigenvalue weighted by Crippen LogP contribution is -2.54. The maximum atomic E-state index is 14.1. The van der Waals surface area contributed by atoms with Gasteiger partial charge in [0.15, 0.2) is 5.03 Å². The van der Waals surface area contributed by atoms with E-state index in [1.807, 2.05) is 24.3 Å². The van der Waals surface area contributed by atoms with Crippen LogP contribution in [0.25, 0.3) is 0 Å². The van der Waals surface area contributed by atoms with E-state index in [4.69, 9.17) is 23.2 Å². The lowest BCUT2D eigenvalue weighted by atomic mass is 9.92. The van der Waals surface area contributed by atoms with Crippen LogP contribution in [0.15, 0.2) is 58.2 Å². The minimum Gasteiger partial charge on any atom is -0.284 e. The molecule has 1 saturated heterocycles. The Hall–Kier alpha value is -2.77. The number of imide groups is 1. The topological polar surface area (TPSA) is 113 Å². The maximum absolute atomic E-state index is 14.1. The molecule has 0 bridgehead atoms. The molecule has 0 saturated carbocycles. The van der Waals surface area contributed by atoms with Crippen LogP contribution in [0.4, 0.5) is 11.6 Å². The number of imidazole rings is 1. The first-order valence-electron chi connectivity index (χ1n) is 11.8. The van der Waals surface area contributed by atoms with Crippen LogP contribution in [0.3, 0.4) is 0 Å². The van der Waals surface area contributed by atoms with Gasteiger partial charge < -0.3 is 0 Å². The number of hydrogen-bond acceptors (Lipinski definition) is 6. The van der Waals surface area contributed by atoms with Gasteiger partial charge in [0.25, 0.3) is 15.9 Å². The van der Waals surface area contributed by atoms with Gasteiger partial charge in [0.05, 0.1) is 18.4 Å². The van der Waals surface area contributed by atoms with Crippen molar-refractivity contribution < 1.29 is 22.8 Å². The lowest BCUT2D eigenvalue weighted by Gasteiger charge is -2.33. The van der Waals surface area contributed by atoms with Gasteiger partial charge in [0, 0.05) is 41.0 Å². The number of nitrogens with zero attached hydrogens (tertiary/aromatic N) is 5. The largest absolute Gasteiger partial charge is 0.284 e. The normalized spacial score (nSPS) is 20.0. The molecule has 14 heteroatoms. The van der Waals surface area contributed by atoms with E-state index in [0.717, 1.165) is 19.2 Å². The standard InChI is InChI=1S/C25H22BrCl2N5O5S/c1-15(34)31-8-7-30(14-21(31)35)39(37,38)22-13-29-24-32(20-10-18(27)9-19(28)11-20)23(36)25(2,33(22)24)12-16-3-5-17(26)6-4-16/h3-6,9-11,13H,7-8,12,14H2,1-2H3. The molecule has 5 rings (SSSR count). The van der Waals surface area contributed by atoms with Gasteiger partial charge in [-0.3, -0.25) is 23.9 Å². The first-order valence-corrected chi connectivity index (χ1v) is 14.8. The molecule has 0 aliphatic carbocycles. The zero-order chi connectivity index (χ0) is 28.3. The molecule has 10 nitrogen and oxygen atoms in total. The number of fused-ring (bicyclic) bond motifs is 1. The second-order valence-corrected chi connectivity index (χ2v) is 13.2. The van der Waals surface area contributed by atoms with Gasteiger partial charge in [-0.2, -0.15) is 4.31 Å². The molecule has 0 N–H and O–H groups in total. The number of carbonyl (C=O) groups is 3. The first-order chi connectivity index (χ1) is 18.3. The Bertz CT molecular complexity index is 1610. The number of carbonyl (C=O) groups excluding carboxylic acids is 3. The van der Waals surface area contributed by atoms with E-state index >= 15 is 0 Å². The van der Waals surface area contributed by atoms with Gasteiger partial charge in [-0.05, 0) is 42.8 Å². The average molecular weight is 655 g/mol. The molecule has 2 aliphatic rings. The van der Waals surface area contributed by atoms with Crippen molar-refractivity contribution in [3.63, 3.8) is 0 Å². The SMILES string of the molecule is CC(=O)N1CCN(S(=O)(=O)c2cnc3n2C(C)(Cc2ccc(Br)cc2)C(=O)N3c2cc(Cl)cc(Cl)c2)CC1=O. The second kappa shape index (κ2) is 10.0. The Kier molecular flexibility index (Phi) is 7.13. The van der Waals surface area contributed by atoms with Crippen LogP contribution in [-0.2, 0) is 36.4 Å². The molecular weight excluding hydrogens is 633 g/mol. The Balaban J connectivity index is 1.64. The summed E-state index contributed by atoms with van der Waals surface area (Å²) in [7, 11) is -4.30. The summed E-state index contributed by atoms with van der Waals surface area (Å²) >= 11 is 15.9. The van der Waals surface area contributed by atoms with Crippen molar-refractivity contribution in [1.82, 2.24) is 18.8 Å². The van der Waals surface area contributed by atoms with Crippen LogP contribution in [-0.4, -0.2) is 64.5 Å². The molecule has 3 heterocycles. The molecule has 39 heavy (non-hydrogen) atoms. The number of sulfonamides is 1. The average Bonchev–Trinajstić information content (AvgIpc) is 3.38. The van der Waals surface area contributed by atoms with Crippen molar-refractivity contribution in [1.29, 1.82) is 0 Å². The highest BCUT2D eigenvalue weighted by molar-refractivity contribution is 9.10. The van der Waals surface area contributed by atoms with Crippen molar-refractivity contribution in [2.24, 2.45) is 0 Å². The molecule has 0 spiro atoms. The molecule has 204 valence electrons. The van der Waals surface area contributed by atoms with Gasteiger partial charge in [0.2, 0.25) is 17.8 Å². The molecule has 0 radical (unpaired) electrons. The van der Waals surface area contributed by atoms with Gasteiger partial charge in [-0.15, -0.1) is 0 Å². The zero-order valence-corrected chi connectivity index (χ0v) is 24.7.